The second kappa shape index (κ2) is 13.8. The Morgan fingerprint density at radius 3 is 2.30 bits per heavy atom. The number of nitrogens with zero attached hydrogens (tertiary/aromatic N) is 2. The molecule has 7 heteroatoms. The van der Waals surface area contributed by atoms with E-state index < -0.39 is 0 Å². The van der Waals surface area contributed by atoms with Gasteiger partial charge in [-0.15, -0.1) is 0 Å². The van der Waals surface area contributed by atoms with Gasteiger partial charge in [0.1, 0.15) is 5.82 Å². The van der Waals surface area contributed by atoms with E-state index in [0.717, 1.165) is 35.7 Å². The summed E-state index contributed by atoms with van der Waals surface area (Å²) < 4.78 is 13.6. The van der Waals surface area contributed by atoms with E-state index in [2.05, 4.69) is 37.9 Å². The third-order valence-electron chi connectivity index (χ3n) is 6.50. The van der Waals surface area contributed by atoms with Gasteiger partial charge in [-0.1, -0.05) is 81.9 Å². The van der Waals surface area contributed by atoms with Gasteiger partial charge in [0.2, 0.25) is 0 Å². The summed E-state index contributed by atoms with van der Waals surface area (Å²) in [5.74, 6) is 0.465. The topological polar surface area (TPSA) is 52.7 Å². The van der Waals surface area contributed by atoms with Crippen LogP contribution in [0.5, 0.6) is 0 Å². The van der Waals surface area contributed by atoms with Crippen LogP contribution in [-0.4, -0.2) is 42.9 Å². The van der Waals surface area contributed by atoms with E-state index >= 15 is 0 Å². The maximum atomic E-state index is 13.7. The van der Waals surface area contributed by atoms with Gasteiger partial charge in [-0.2, -0.15) is 0 Å². The highest BCUT2D eigenvalue weighted by Gasteiger charge is 2.30. The number of thioether (sulfide) groups is 1. The molecule has 0 fully saturated rings. The molecule has 0 aromatic heterocycles. The van der Waals surface area contributed by atoms with E-state index in [1.54, 1.807) is 23.1 Å². The summed E-state index contributed by atoms with van der Waals surface area (Å²) in [5.41, 5.74) is 2.92. The highest BCUT2D eigenvalue weighted by molar-refractivity contribution is 8.04. The van der Waals surface area contributed by atoms with Crippen LogP contribution in [0.4, 0.5) is 10.1 Å². The van der Waals surface area contributed by atoms with Crippen LogP contribution in [0.15, 0.2) is 82.6 Å². The molecule has 0 saturated carbocycles. The molecule has 1 aliphatic heterocycles. The van der Waals surface area contributed by atoms with E-state index in [1.165, 1.54) is 23.9 Å². The van der Waals surface area contributed by atoms with E-state index in [-0.39, 0.29) is 24.2 Å². The molecule has 1 aliphatic rings. The molecule has 0 bridgehead atoms. The summed E-state index contributed by atoms with van der Waals surface area (Å²) in [7, 11) is 0. The Bertz CT molecular complexity index is 1330. The number of amides is 2. The third-order valence-corrected chi connectivity index (χ3v) is 7.58. The lowest BCUT2D eigenvalue weighted by Crippen LogP contribution is -2.38. The van der Waals surface area contributed by atoms with Crippen LogP contribution in [0.3, 0.4) is 0 Å². The van der Waals surface area contributed by atoms with Crippen LogP contribution in [0.1, 0.15) is 49.2 Å². The molecular formula is C33H38FN3O2S. The van der Waals surface area contributed by atoms with Gasteiger partial charge < -0.3 is 15.1 Å². The second-order valence-electron chi connectivity index (χ2n) is 11.0. The largest absolute Gasteiger partial charge is 0.351 e. The summed E-state index contributed by atoms with van der Waals surface area (Å²) in [6.45, 7) is 12.4. The van der Waals surface area contributed by atoms with Crippen molar-refractivity contribution in [2.24, 2.45) is 11.8 Å². The van der Waals surface area contributed by atoms with Crippen LogP contribution in [0.2, 0.25) is 0 Å². The second-order valence-corrected chi connectivity index (χ2v) is 12.1. The molecule has 0 radical (unpaired) electrons. The summed E-state index contributed by atoms with van der Waals surface area (Å²) in [4.78, 5) is 32.4. The van der Waals surface area contributed by atoms with Crippen molar-refractivity contribution in [1.82, 2.24) is 10.2 Å². The summed E-state index contributed by atoms with van der Waals surface area (Å²) in [6.07, 6.45) is 1.88. The van der Waals surface area contributed by atoms with Gasteiger partial charge in [0.05, 0.1) is 17.1 Å². The zero-order valence-electron chi connectivity index (χ0n) is 23.7. The average Bonchev–Trinajstić information content (AvgIpc) is 2.91. The lowest BCUT2D eigenvalue weighted by Gasteiger charge is -2.31. The van der Waals surface area contributed by atoms with Crippen LogP contribution in [-0.2, 0) is 11.3 Å². The number of nitrogens with one attached hydrogen (secondary N) is 1. The predicted octanol–water partition coefficient (Wildman–Crippen LogP) is 6.85. The molecule has 2 amide bonds. The first-order valence-electron chi connectivity index (χ1n) is 13.8. The number of halogens is 1. The van der Waals surface area contributed by atoms with Crippen LogP contribution in [0, 0.1) is 17.7 Å². The Balaban J connectivity index is 1.56. The van der Waals surface area contributed by atoms with Gasteiger partial charge in [0, 0.05) is 36.6 Å². The quantitative estimate of drug-likeness (QED) is 0.261. The number of carbonyl (C=O) groups excluding carboxylic acids is 2. The highest BCUT2D eigenvalue weighted by Crippen LogP contribution is 2.43. The number of anilines is 1. The minimum atomic E-state index is -0.325. The number of benzene rings is 3. The van der Waals surface area contributed by atoms with E-state index in [0.29, 0.717) is 34.5 Å². The van der Waals surface area contributed by atoms with Crippen molar-refractivity contribution in [3.05, 3.63) is 100 Å². The maximum Gasteiger partial charge on any atom is 0.265 e. The summed E-state index contributed by atoms with van der Waals surface area (Å²) in [5, 5.41) is 3.06. The Kier molecular flexibility index (Phi) is 10.2. The minimum absolute atomic E-state index is 0.152. The van der Waals surface area contributed by atoms with Gasteiger partial charge in [-0.05, 0) is 59.4 Å². The van der Waals surface area contributed by atoms with Crippen LogP contribution < -0.4 is 10.2 Å². The van der Waals surface area contributed by atoms with Gasteiger partial charge >= 0.3 is 0 Å². The molecule has 0 saturated heterocycles. The molecule has 3 aromatic rings. The van der Waals surface area contributed by atoms with Crippen molar-refractivity contribution < 1.29 is 14.0 Å². The monoisotopic (exact) mass is 559 g/mol. The summed E-state index contributed by atoms with van der Waals surface area (Å²) >= 11 is 1.40. The zero-order chi connectivity index (χ0) is 28.6. The minimum Gasteiger partial charge on any atom is -0.351 e. The maximum absolute atomic E-state index is 13.7. The fourth-order valence-electron chi connectivity index (χ4n) is 4.80. The summed E-state index contributed by atoms with van der Waals surface area (Å²) in [6, 6.07) is 21.4. The van der Waals surface area contributed by atoms with Crippen molar-refractivity contribution in [3.63, 3.8) is 0 Å². The first kappa shape index (κ1) is 29.6. The molecule has 1 heterocycles. The van der Waals surface area contributed by atoms with Crippen LogP contribution >= 0.6 is 11.8 Å². The Labute approximate surface area is 241 Å². The number of carbonyl (C=O) groups is 2. The normalized spacial score (nSPS) is 14.3. The number of hydrogen-bond acceptors (Lipinski definition) is 4. The van der Waals surface area contributed by atoms with Crippen molar-refractivity contribution in [2.45, 2.75) is 39.1 Å². The molecule has 0 spiro atoms. The number of rotatable bonds is 11. The first-order chi connectivity index (χ1) is 19.2. The average molecular weight is 560 g/mol. The highest BCUT2D eigenvalue weighted by atomic mass is 32.2. The van der Waals surface area contributed by atoms with E-state index in [9.17, 15) is 14.0 Å². The van der Waals surface area contributed by atoms with Crippen molar-refractivity contribution in [2.75, 3.05) is 31.1 Å². The van der Waals surface area contributed by atoms with Crippen LogP contribution in [0.25, 0.3) is 6.08 Å². The Morgan fingerprint density at radius 2 is 1.65 bits per heavy atom. The van der Waals surface area contributed by atoms with Gasteiger partial charge in [-0.3, -0.25) is 9.59 Å². The molecule has 0 atom stereocenters. The SMILES string of the molecule is CC(C)CN(CCNC(=O)c1ccc2c(c1)N(Cc1ccc(F)cc1)C(=O)/C(=C/c1ccccc1)S2)CC(C)C. The number of fused-ring (bicyclic) bond motifs is 1. The molecule has 5 nitrogen and oxygen atoms in total. The van der Waals surface area contributed by atoms with Crippen molar-refractivity contribution in [1.29, 1.82) is 0 Å². The standard InChI is InChI=1S/C33H38FN3O2S/c1-23(2)20-36(21-24(3)4)17-16-35-32(38)27-12-15-30-29(19-27)37(22-26-10-13-28(34)14-11-26)33(39)31(40-30)18-25-8-6-5-7-9-25/h5-15,18-19,23-24H,16-17,20-22H2,1-4H3,(H,35,38)/b31-18-. The molecule has 40 heavy (non-hydrogen) atoms. The van der Waals surface area contributed by atoms with E-state index in [4.69, 9.17) is 0 Å². The third kappa shape index (κ3) is 8.05. The van der Waals surface area contributed by atoms with Crippen molar-refractivity contribution in [3.8, 4) is 0 Å². The van der Waals surface area contributed by atoms with Gasteiger partial charge in [0.25, 0.3) is 11.8 Å². The fourth-order valence-corrected chi connectivity index (χ4v) is 5.84. The molecule has 0 unspecified atom stereocenters. The molecule has 210 valence electrons. The Hall–Kier alpha value is -3.42. The predicted molar refractivity (Wildman–Crippen MR) is 163 cm³/mol. The smallest absolute Gasteiger partial charge is 0.265 e. The first-order valence-corrected chi connectivity index (χ1v) is 14.7. The molecule has 1 N–H and O–H groups in total. The van der Waals surface area contributed by atoms with Crippen molar-refractivity contribution >= 4 is 35.3 Å². The lowest BCUT2D eigenvalue weighted by atomic mass is 10.1. The van der Waals surface area contributed by atoms with Gasteiger partial charge in [-0.25, -0.2) is 4.39 Å². The fraction of sp³-hybridized carbons (Fsp3) is 0.333. The molecular weight excluding hydrogens is 521 g/mol. The lowest BCUT2D eigenvalue weighted by molar-refractivity contribution is -0.114. The van der Waals surface area contributed by atoms with Gasteiger partial charge in [0.15, 0.2) is 0 Å². The molecule has 3 aromatic carbocycles. The Morgan fingerprint density at radius 1 is 0.975 bits per heavy atom. The zero-order valence-corrected chi connectivity index (χ0v) is 24.5. The number of hydrogen-bond donors (Lipinski definition) is 1. The molecule has 0 aliphatic carbocycles. The van der Waals surface area contributed by atoms with E-state index in [1.807, 2.05) is 48.5 Å². The molecule has 4 rings (SSSR count).